The molecule has 2 aromatic carbocycles. The number of hydrogen-bond donors (Lipinski definition) is 2. The Balaban J connectivity index is 1.24. The molecule has 1 amide bonds. The van der Waals surface area contributed by atoms with Gasteiger partial charge >= 0.3 is 0 Å². The quantitative estimate of drug-likeness (QED) is 0.420. The van der Waals surface area contributed by atoms with Gasteiger partial charge in [-0.2, -0.15) is 8.42 Å². The zero-order chi connectivity index (χ0) is 30.1. The number of pyridine rings is 1. The van der Waals surface area contributed by atoms with E-state index in [1.54, 1.807) is 17.0 Å². The van der Waals surface area contributed by atoms with Crippen molar-refractivity contribution in [1.29, 1.82) is 0 Å². The number of carbonyl (C=O) groups is 1. The highest BCUT2D eigenvalue weighted by Gasteiger charge is 2.57. The SMILES string of the molecule is O=C1C(C2=NS(=O)(=O)c3cc(CS(=O)(=O)c4cccnc4)ccc3N2)=C(O)C2C([C@H]3CC[C@@H]2C3)N1Cc1ccc(F)cc1. The second kappa shape index (κ2) is 9.98. The lowest BCUT2D eigenvalue weighted by molar-refractivity contribution is -0.134. The molecule has 0 radical (unpaired) electrons. The van der Waals surface area contributed by atoms with Crippen LogP contribution in [0.5, 0.6) is 0 Å². The number of rotatable bonds is 6. The van der Waals surface area contributed by atoms with Crippen LogP contribution in [0.2, 0.25) is 0 Å². The lowest BCUT2D eigenvalue weighted by Crippen LogP contribution is -2.53. The molecule has 2 unspecified atom stereocenters. The fourth-order valence-corrected chi connectivity index (χ4v) is 9.54. The molecule has 2 bridgehead atoms. The summed E-state index contributed by atoms with van der Waals surface area (Å²) in [5.74, 6) is -1.86. The average molecular weight is 623 g/mol. The van der Waals surface area contributed by atoms with Crippen LogP contribution in [0.3, 0.4) is 0 Å². The Bertz CT molecular complexity index is 1930. The standard InChI is InChI=1S/C30H27FN4O6S2/c31-21-8-3-17(4-9-21)15-35-27-20-7-6-19(13-20)25(27)28(36)26(30(35)37)29-33-23-10-5-18(12-24(23)43(40,41)34-29)16-42(38,39)22-2-1-11-32-14-22/h1-5,8-12,14,19-20,25,27,36H,6-7,13,15-16H2,(H,33,34)/t19-,20+,25?,27?/m1/s1. The third kappa shape index (κ3) is 4.70. The molecule has 43 heavy (non-hydrogen) atoms. The van der Waals surface area contributed by atoms with Crippen molar-refractivity contribution in [3.05, 3.63) is 95.3 Å². The predicted molar refractivity (Wildman–Crippen MR) is 155 cm³/mol. The lowest BCUT2D eigenvalue weighted by atomic mass is 9.77. The van der Waals surface area contributed by atoms with E-state index < -0.39 is 37.3 Å². The van der Waals surface area contributed by atoms with Crippen LogP contribution in [-0.4, -0.2) is 49.6 Å². The van der Waals surface area contributed by atoms with Crippen LogP contribution < -0.4 is 5.32 Å². The molecule has 4 atom stereocenters. The van der Waals surface area contributed by atoms with E-state index >= 15 is 0 Å². The van der Waals surface area contributed by atoms with Gasteiger partial charge < -0.3 is 15.3 Å². The van der Waals surface area contributed by atoms with Crippen LogP contribution >= 0.6 is 0 Å². The molecule has 3 aromatic rings. The second-order valence-corrected chi connectivity index (χ2v) is 15.0. The molecule has 1 aromatic heterocycles. The number of aliphatic hydroxyl groups is 1. The number of benzene rings is 2. The number of amides is 1. The van der Waals surface area contributed by atoms with E-state index in [1.165, 1.54) is 54.9 Å². The Hall–Kier alpha value is -4.10. The number of halogens is 1. The van der Waals surface area contributed by atoms with Crippen LogP contribution in [0.15, 0.2) is 92.5 Å². The normalized spacial score (nSPS) is 25.7. The van der Waals surface area contributed by atoms with Crippen molar-refractivity contribution in [3.8, 4) is 0 Å². The molecule has 0 spiro atoms. The van der Waals surface area contributed by atoms with Crippen molar-refractivity contribution in [1.82, 2.24) is 9.88 Å². The molecule has 3 heterocycles. The highest BCUT2D eigenvalue weighted by atomic mass is 32.2. The minimum atomic E-state index is -4.38. The van der Waals surface area contributed by atoms with Crippen LogP contribution in [0.1, 0.15) is 30.4 Å². The zero-order valence-corrected chi connectivity index (χ0v) is 24.4. The van der Waals surface area contributed by atoms with Gasteiger partial charge in [0.05, 0.1) is 16.3 Å². The van der Waals surface area contributed by atoms with Gasteiger partial charge in [-0.3, -0.25) is 9.78 Å². The number of aromatic nitrogens is 1. The number of fused-ring (bicyclic) bond motifs is 6. The first-order valence-electron chi connectivity index (χ1n) is 13.9. The molecule has 2 saturated carbocycles. The number of sulfone groups is 1. The van der Waals surface area contributed by atoms with Crippen LogP contribution in [0.4, 0.5) is 10.1 Å². The molecular formula is C30H27FN4O6S2. The van der Waals surface area contributed by atoms with Gasteiger partial charge in [0.1, 0.15) is 22.0 Å². The number of hydrogen-bond acceptors (Lipinski definition) is 8. The van der Waals surface area contributed by atoms with Gasteiger partial charge in [0.2, 0.25) is 0 Å². The van der Waals surface area contributed by atoms with Crippen molar-refractivity contribution >= 4 is 37.3 Å². The highest BCUT2D eigenvalue weighted by molar-refractivity contribution is 7.91. The molecule has 10 nitrogen and oxygen atoms in total. The first kappa shape index (κ1) is 27.7. The minimum Gasteiger partial charge on any atom is -0.511 e. The van der Waals surface area contributed by atoms with Crippen molar-refractivity contribution in [2.24, 2.45) is 22.2 Å². The molecule has 13 heteroatoms. The van der Waals surface area contributed by atoms with E-state index in [2.05, 4.69) is 14.7 Å². The zero-order valence-electron chi connectivity index (χ0n) is 22.7. The van der Waals surface area contributed by atoms with Gasteiger partial charge in [-0.05, 0) is 78.6 Å². The highest BCUT2D eigenvalue weighted by Crippen LogP contribution is 2.55. The summed E-state index contributed by atoms with van der Waals surface area (Å²) in [6.45, 7) is 0.172. The first-order valence-corrected chi connectivity index (χ1v) is 17.0. The van der Waals surface area contributed by atoms with E-state index in [0.717, 1.165) is 19.3 Å². The fraction of sp³-hybridized carbons (Fsp3) is 0.300. The molecule has 7 rings (SSSR count). The monoisotopic (exact) mass is 622 g/mol. The molecule has 222 valence electrons. The fourth-order valence-electron chi connectivity index (χ4n) is 7.07. The van der Waals surface area contributed by atoms with Crippen molar-refractivity contribution in [2.75, 3.05) is 5.32 Å². The van der Waals surface area contributed by atoms with Crippen LogP contribution in [0, 0.1) is 23.6 Å². The number of nitrogens with zero attached hydrogens (tertiary/aromatic N) is 3. The average Bonchev–Trinajstić information content (AvgIpc) is 3.60. The van der Waals surface area contributed by atoms with Crippen molar-refractivity contribution in [3.63, 3.8) is 0 Å². The molecule has 2 aliphatic carbocycles. The topological polar surface area (TPSA) is 146 Å². The summed E-state index contributed by atoms with van der Waals surface area (Å²) in [5, 5.41) is 14.4. The largest absolute Gasteiger partial charge is 0.511 e. The molecular weight excluding hydrogens is 595 g/mol. The van der Waals surface area contributed by atoms with E-state index in [4.69, 9.17) is 0 Å². The summed E-state index contributed by atoms with van der Waals surface area (Å²) in [5.41, 5.74) is 0.856. The third-order valence-electron chi connectivity index (χ3n) is 8.92. The Morgan fingerprint density at radius 3 is 2.53 bits per heavy atom. The lowest BCUT2D eigenvalue weighted by Gasteiger charge is -2.44. The van der Waals surface area contributed by atoms with E-state index in [1.807, 2.05) is 0 Å². The number of sulfonamides is 1. The molecule has 2 N–H and O–H groups in total. The predicted octanol–water partition coefficient (Wildman–Crippen LogP) is 3.98. The summed E-state index contributed by atoms with van der Waals surface area (Å²) in [6.07, 6.45) is 5.36. The van der Waals surface area contributed by atoms with Crippen LogP contribution in [-0.2, 0) is 37.0 Å². The number of anilines is 1. The van der Waals surface area contributed by atoms with Gasteiger partial charge in [-0.25, -0.2) is 12.8 Å². The molecule has 4 aliphatic rings. The maximum Gasteiger partial charge on any atom is 0.286 e. The van der Waals surface area contributed by atoms with E-state index in [0.29, 0.717) is 5.56 Å². The third-order valence-corrected chi connectivity index (χ3v) is 11.9. The first-order chi connectivity index (χ1) is 20.5. The van der Waals surface area contributed by atoms with E-state index in [9.17, 15) is 31.1 Å². The number of amidine groups is 1. The molecule has 2 aliphatic heterocycles. The van der Waals surface area contributed by atoms with Gasteiger partial charge in [-0.15, -0.1) is 4.40 Å². The Morgan fingerprint density at radius 1 is 1.05 bits per heavy atom. The van der Waals surface area contributed by atoms with Gasteiger partial charge in [0.25, 0.3) is 15.9 Å². The summed E-state index contributed by atoms with van der Waals surface area (Å²) in [6, 6.07) is 12.7. The van der Waals surface area contributed by atoms with Crippen molar-refractivity contribution in [2.45, 2.75) is 47.4 Å². The maximum atomic E-state index is 14.0. The Labute approximate surface area is 248 Å². The Kier molecular flexibility index (Phi) is 6.43. The second-order valence-electron chi connectivity index (χ2n) is 11.5. The summed E-state index contributed by atoms with van der Waals surface area (Å²) < 4.78 is 70.1. The van der Waals surface area contributed by atoms with Gasteiger partial charge in [0, 0.05) is 30.9 Å². The number of aliphatic hydroxyl groups excluding tert-OH is 1. The number of nitrogens with one attached hydrogen (secondary N) is 1. The smallest absolute Gasteiger partial charge is 0.286 e. The summed E-state index contributed by atoms with van der Waals surface area (Å²) in [7, 11) is -8.17. The maximum absolute atomic E-state index is 14.0. The van der Waals surface area contributed by atoms with Gasteiger partial charge in [0.15, 0.2) is 15.7 Å². The summed E-state index contributed by atoms with van der Waals surface area (Å²) >= 11 is 0. The minimum absolute atomic E-state index is 0.0105. The Morgan fingerprint density at radius 2 is 1.79 bits per heavy atom. The van der Waals surface area contributed by atoms with Crippen LogP contribution in [0.25, 0.3) is 0 Å². The number of carbonyl (C=O) groups excluding carboxylic acids is 1. The van der Waals surface area contributed by atoms with E-state index in [-0.39, 0.29) is 68.6 Å². The molecule has 0 saturated heterocycles. The molecule has 2 fully saturated rings. The van der Waals surface area contributed by atoms with Crippen molar-refractivity contribution < 1.29 is 31.1 Å². The van der Waals surface area contributed by atoms with Gasteiger partial charge in [-0.1, -0.05) is 18.2 Å². The summed E-state index contributed by atoms with van der Waals surface area (Å²) in [4.78, 5) is 19.3.